The van der Waals surface area contributed by atoms with E-state index in [4.69, 9.17) is 11.6 Å². The van der Waals surface area contributed by atoms with Crippen LogP contribution in [-0.4, -0.2) is 30.6 Å². The Hall–Kier alpha value is -4.01. The highest BCUT2D eigenvalue weighted by Crippen LogP contribution is 2.34. The summed E-state index contributed by atoms with van der Waals surface area (Å²) in [6, 6.07) is 5.69. The van der Waals surface area contributed by atoms with E-state index < -0.39 is 18.0 Å². The van der Waals surface area contributed by atoms with E-state index in [0.717, 1.165) is 42.0 Å². The van der Waals surface area contributed by atoms with Gasteiger partial charge in [-0.2, -0.15) is 0 Å². The molecule has 186 valence electrons. The Morgan fingerprint density at radius 1 is 1.19 bits per heavy atom. The summed E-state index contributed by atoms with van der Waals surface area (Å²) >= 11 is 7.44. The van der Waals surface area contributed by atoms with Gasteiger partial charge in [0.1, 0.15) is 11.5 Å². The maximum absolute atomic E-state index is 13.4. The number of rotatable bonds is 5. The molecule has 1 fully saturated rings. The van der Waals surface area contributed by atoms with Crippen LogP contribution in [0.4, 0.5) is 13.9 Å². The molecule has 0 unspecified atom stereocenters. The van der Waals surface area contributed by atoms with E-state index in [9.17, 15) is 18.4 Å². The van der Waals surface area contributed by atoms with Crippen LogP contribution in [0.5, 0.6) is 0 Å². The molecule has 0 saturated heterocycles. The second kappa shape index (κ2) is 10.2. The predicted octanol–water partition coefficient (Wildman–Crippen LogP) is 5.06. The van der Waals surface area contributed by atoms with Gasteiger partial charge in [-0.05, 0) is 49.4 Å². The molecule has 1 saturated carbocycles. The maximum atomic E-state index is 13.4. The second-order valence-electron chi connectivity index (χ2n) is 8.30. The molecule has 0 aromatic carbocycles. The Morgan fingerprint density at radius 2 is 2.00 bits per heavy atom. The van der Waals surface area contributed by atoms with Crippen LogP contribution in [0.1, 0.15) is 45.9 Å². The number of alkyl halides is 2. The topological polar surface area (TPSA) is 103 Å². The van der Waals surface area contributed by atoms with Crippen molar-refractivity contribution in [3.8, 4) is 28.8 Å². The van der Waals surface area contributed by atoms with E-state index in [2.05, 4.69) is 37.3 Å². The van der Waals surface area contributed by atoms with Crippen LogP contribution in [0.3, 0.4) is 0 Å². The Labute approximate surface area is 218 Å². The van der Waals surface area contributed by atoms with Crippen molar-refractivity contribution in [1.82, 2.24) is 24.7 Å². The first-order valence-electron chi connectivity index (χ1n) is 11.1. The first-order chi connectivity index (χ1) is 17.8. The van der Waals surface area contributed by atoms with Crippen LogP contribution >= 0.6 is 22.9 Å². The van der Waals surface area contributed by atoms with Crippen LogP contribution in [0.25, 0.3) is 16.9 Å². The second-order valence-corrected chi connectivity index (χ2v) is 9.68. The average molecular weight is 539 g/mol. The van der Waals surface area contributed by atoms with E-state index >= 15 is 0 Å². The molecule has 0 spiro atoms. The average Bonchev–Trinajstić information content (AvgIpc) is 3.60. The number of aryl methyl sites for hydroxylation is 1. The number of nitrogens with zero attached hydrogens (tertiary/aromatic N) is 5. The van der Waals surface area contributed by atoms with Gasteiger partial charge in [0.15, 0.2) is 5.01 Å². The van der Waals surface area contributed by atoms with Gasteiger partial charge in [0.2, 0.25) is 5.13 Å². The highest BCUT2D eigenvalue weighted by molar-refractivity contribution is 7.15. The van der Waals surface area contributed by atoms with Crippen molar-refractivity contribution in [3.05, 3.63) is 80.1 Å². The Balaban J connectivity index is 1.56. The monoisotopic (exact) mass is 538 g/mol. The lowest BCUT2D eigenvalue weighted by atomic mass is 10.0. The number of pyridine rings is 3. The zero-order valence-corrected chi connectivity index (χ0v) is 20.8. The molecule has 0 radical (unpaired) electrons. The summed E-state index contributed by atoms with van der Waals surface area (Å²) in [7, 11) is 0. The van der Waals surface area contributed by atoms with Crippen molar-refractivity contribution in [1.29, 1.82) is 0 Å². The largest absolute Gasteiger partial charge is 0.296 e. The summed E-state index contributed by atoms with van der Waals surface area (Å²) < 4.78 is 28.1. The van der Waals surface area contributed by atoms with Crippen molar-refractivity contribution in [3.63, 3.8) is 0 Å². The molecule has 1 aliphatic rings. The fraction of sp³-hybridized carbons (Fsp3) is 0.200. The van der Waals surface area contributed by atoms with E-state index in [1.54, 1.807) is 13.0 Å². The number of hydrogen-bond donors (Lipinski definition) is 1. The van der Waals surface area contributed by atoms with Gasteiger partial charge in [-0.15, -0.1) is 10.2 Å². The van der Waals surface area contributed by atoms with E-state index in [-0.39, 0.29) is 38.2 Å². The highest BCUT2D eigenvalue weighted by atomic mass is 35.5. The van der Waals surface area contributed by atoms with Gasteiger partial charge in [-0.25, -0.2) is 13.8 Å². The lowest BCUT2D eigenvalue weighted by molar-refractivity contribution is 0.102. The third-order valence-corrected chi connectivity index (χ3v) is 6.51. The smallest absolute Gasteiger partial charge is 0.280 e. The molecule has 12 heteroatoms. The highest BCUT2D eigenvalue weighted by Gasteiger charge is 2.22. The third kappa shape index (κ3) is 5.55. The minimum absolute atomic E-state index is 0.0260. The molecule has 5 rings (SSSR count). The van der Waals surface area contributed by atoms with Crippen LogP contribution < -0.4 is 10.9 Å². The maximum Gasteiger partial charge on any atom is 0.280 e. The summed E-state index contributed by atoms with van der Waals surface area (Å²) in [5, 5.41) is 11.3. The number of halogens is 3. The normalized spacial score (nSPS) is 12.8. The molecule has 0 atom stereocenters. The van der Waals surface area contributed by atoms with Crippen molar-refractivity contribution in [2.45, 2.75) is 26.2 Å². The van der Waals surface area contributed by atoms with Crippen LogP contribution in [-0.2, 0) is 0 Å². The van der Waals surface area contributed by atoms with E-state index in [0.29, 0.717) is 10.9 Å². The minimum Gasteiger partial charge on any atom is -0.296 e. The number of carbonyl (C=O) groups is 1. The standard InChI is InChI=1S/C25H17ClF2N6O2S/c1-13-6-7-34(22(35)8-13)20-10-15(16-9-19(23(27)28)29-12-18(16)26)17(11-30-20)24(36)31-25-33-32-21(37-25)5-4-14-2-3-14/h6-12,14,23H,2-3H2,1H3,(H,31,33,36). The van der Waals surface area contributed by atoms with Gasteiger partial charge >= 0.3 is 0 Å². The van der Waals surface area contributed by atoms with Gasteiger partial charge in [0.05, 0.1) is 10.6 Å². The summed E-state index contributed by atoms with van der Waals surface area (Å²) in [6.45, 7) is 1.77. The fourth-order valence-electron chi connectivity index (χ4n) is 3.41. The molecule has 8 nitrogen and oxygen atoms in total. The zero-order valence-electron chi connectivity index (χ0n) is 19.2. The molecule has 0 aliphatic heterocycles. The third-order valence-electron chi connectivity index (χ3n) is 5.45. The van der Waals surface area contributed by atoms with Crippen molar-refractivity contribution < 1.29 is 13.6 Å². The van der Waals surface area contributed by atoms with Gasteiger partial charge < -0.3 is 0 Å². The first kappa shape index (κ1) is 24.7. The summed E-state index contributed by atoms with van der Waals surface area (Å²) in [6.07, 6.45) is 3.16. The molecular weight excluding hydrogens is 522 g/mol. The number of amides is 1. The van der Waals surface area contributed by atoms with Crippen LogP contribution in [0.15, 0.2) is 47.7 Å². The number of carbonyl (C=O) groups excluding carboxylic acids is 1. The molecule has 4 aromatic rings. The quantitative estimate of drug-likeness (QED) is 0.356. The lowest BCUT2D eigenvalue weighted by Gasteiger charge is -2.14. The van der Waals surface area contributed by atoms with Crippen LogP contribution in [0.2, 0.25) is 5.02 Å². The molecule has 0 bridgehead atoms. The lowest BCUT2D eigenvalue weighted by Crippen LogP contribution is -2.19. The number of nitrogens with one attached hydrogen (secondary N) is 1. The fourth-order valence-corrected chi connectivity index (χ4v) is 4.21. The van der Waals surface area contributed by atoms with Crippen LogP contribution in [0, 0.1) is 24.7 Å². The van der Waals surface area contributed by atoms with Gasteiger partial charge in [-0.3, -0.25) is 24.5 Å². The predicted molar refractivity (Wildman–Crippen MR) is 135 cm³/mol. The number of anilines is 1. The Kier molecular flexibility index (Phi) is 6.78. The van der Waals surface area contributed by atoms with Crippen molar-refractivity contribution in [2.75, 3.05) is 5.32 Å². The minimum atomic E-state index is -2.86. The first-order valence-corrected chi connectivity index (χ1v) is 12.3. The summed E-state index contributed by atoms with van der Waals surface area (Å²) in [5.74, 6) is 5.97. The molecule has 1 aliphatic carbocycles. The van der Waals surface area contributed by atoms with Crippen molar-refractivity contribution in [2.24, 2.45) is 5.92 Å². The van der Waals surface area contributed by atoms with E-state index in [1.807, 2.05) is 0 Å². The molecule has 37 heavy (non-hydrogen) atoms. The molecule has 4 heterocycles. The number of aromatic nitrogens is 5. The molecular formula is C25H17ClF2N6O2S. The summed E-state index contributed by atoms with van der Waals surface area (Å²) in [4.78, 5) is 33.7. The van der Waals surface area contributed by atoms with Crippen molar-refractivity contribution >= 4 is 34.0 Å². The van der Waals surface area contributed by atoms with Gasteiger partial charge in [0, 0.05) is 41.7 Å². The van der Waals surface area contributed by atoms with E-state index in [1.165, 1.54) is 29.1 Å². The Morgan fingerprint density at radius 3 is 2.73 bits per heavy atom. The molecule has 1 amide bonds. The molecule has 1 N–H and O–H groups in total. The Bertz CT molecular complexity index is 1640. The van der Waals surface area contributed by atoms with Gasteiger partial charge in [0.25, 0.3) is 17.9 Å². The summed E-state index contributed by atoms with van der Waals surface area (Å²) in [5.41, 5.74) is 0.238. The molecule has 4 aromatic heterocycles. The van der Waals surface area contributed by atoms with Gasteiger partial charge in [-0.1, -0.05) is 28.9 Å². The zero-order chi connectivity index (χ0) is 26.1. The SMILES string of the molecule is Cc1ccn(-c2cc(-c3cc(C(F)F)ncc3Cl)c(C(=O)Nc3nnc(C#CC4CC4)s3)cn2)c(=O)c1. The number of hydrogen-bond acceptors (Lipinski definition) is 7.